The Kier molecular flexibility index (Phi) is 9.71. The van der Waals surface area contributed by atoms with Crippen LogP contribution in [0.2, 0.25) is 0 Å². The number of nitrogens with one attached hydrogen (secondary N) is 1. The van der Waals surface area contributed by atoms with Gasteiger partial charge in [-0.1, -0.05) is 6.07 Å². The van der Waals surface area contributed by atoms with Crippen molar-refractivity contribution in [3.63, 3.8) is 0 Å². The summed E-state index contributed by atoms with van der Waals surface area (Å²) in [6.45, 7) is 3.09. The van der Waals surface area contributed by atoms with Crippen LogP contribution in [0, 0.1) is 5.92 Å². The van der Waals surface area contributed by atoms with Gasteiger partial charge < -0.3 is 24.4 Å². The van der Waals surface area contributed by atoms with E-state index in [-0.39, 0.29) is 24.0 Å². The van der Waals surface area contributed by atoms with Gasteiger partial charge in [-0.2, -0.15) is 0 Å². The summed E-state index contributed by atoms with van der Waals surface area (Å²) in [5.74, 6) is 1.43. The number of carbonyl (C=O) groups is 1. The number of methoxy groups -OCH3 is 2. The maximum Gasteiger partial charge on any atom is 0.341 e. The molecular weight excluding hydrogens is 449 g/mol. The number of hydrogen-bond acceptors (Lipinski definition) is 5. The lowest BCUT2D eigenvalue weighted by atomic mass is 10.1. The zero-order chi connectivity index (χ0) is 18.2. The molecule has 26 heavy (non-hydrogen) atoms. The number of rotatable bonds is 6. The Labute approximate surface area is 172 Å². The zero-order valence-electron chi connectivity index (χ0n) is 15.8. The van der Waals surface area contributed by atoms with Gasteiger partial charge in [-0.3, -0.25) is 4.99 Å². The Bertz CT molecular complexity index is 618. The summed E-state index contributed by atoms with van der Waals surface area (Å²) in [6, 6.07) is 5.46. The van der Waals surface area contributed by atoms with E-state index in [1.807, 2.05) is 13.1 Å². The first-order valence-electron chi connectivity index (χ1n) is 8.33. The molecular formula is C18H28IN3O4. The first-order chi connectivity index (χ1) is 12.1. The molecule has 1 aromatic carbocycles. The number of ether oxygens (including phenoxy) is 3. The SMILES string of the molecule is CN=C(NCc1ccc(OC)c(C(=O)OC)c1)N(C)CC1CCOC1.I. The van der Waals surface area contributed by atoms with E-state index in [4.69, 9.17) is 14.2 Å². The van der Waals surface area contributed by atoms with Crippen molar-refractivity contribution in [2.45, 2.75) is 13.0 Å². The third-order valence-corrected chi connectivity index (χ3v) is 4.25. The summed E-state index contributed by atoms with van der Waals surface area (Å²) in [4.78, 5) is 18.3. The Morgan fingerprint density at radius 1 is 1.42 bits per heavy atom. The maximum absolute atomic E-state index is 11.9. The van der Waals surface area contributed by atoms with Crippen LogP contribution < -0.4 is 10.1 Å². The lowest BCUT2D eigenvalue weighted by Crippen LogP contribution is -2.41. The third-order valence-electron chi connectivity index (χ3n) is 4.25. The van der Waals surface area contributed by atoms with Crippen LogP contribution in [-0.2, 0) is 16.0 Å². The summed E-state index contributed by atoms with van der Waals surface area (Å²) in [6.07, 6.45) is 1.09. The molecule has 8 heteroatoms. The standard InChI is InChI=1S/C18H27N3O4.HI/c1-19-18(21(2)11-14-7-8-25-12-14)20-10-13-5-6-16(23-3)15(9-13)17(22)24-4;/h5-6,9,14H,7-8,10-12H2,1-4H3,(H,19,20);1H. The largest absolute Gasteiger partial charge is 0.496 e. The highest BCUT2D eigenvalue weighted by Gasteiger charge is 2.19. The van der Waals surface area contributed by atoms with Crippen molar-refractivity contribution in [2.75, 3.05) is 48.1 Å². The monoisotopic (exact) mass is 477 g/mol. The first-order valence-corrected chi connectivity index (χ1v) is 8.33. The number of benzene rings is 1. The second-order valence-corrected chi connectivity index (χ2v) is 6.04. The van der Waals surface area contributed by atoms with Crippen molar-refractivity contribution in [2.24, 2.45) is 10.9 Å². The van der Waals surface area contributed by atoms with E-state index in [1.165, 1.54) is 14.2 Å². The number of esters is 1. The molecule has 1 aliphatic heterocycles. The van der Waals surface area contributed by atoms with Gasteiger partial charge in [-0.15, -0.1) is 24.0 Å². The number of nitrogens with zero attached hydrogens (tertiary/aromatic N) is 2. The molecule has 1 N–H and O–H groups in total. The van der Waals surface area contributed by atoms with Crippen molar-refractivity contribution < 1.29 is 19.0 Å². The van der Waals surface area contributed by atoms with E-state index in [0.29, 0.717) is 23.8 Å². The number of hydrogen-bond donors (Lipinski definition) is 1. The van der Waals surface area contributed by atoms with Gasteiger partial charge in [0, 0.05) is 39.7 Å². The Morgan fingerprint density at radius 2 is 2.19 bits per heavy atom. The fourth-order valence-corrected chi connectivity index (χ4v) is 2.90. The lowest BCUT2D eigenvalue weighted by molar-refractivity contribution is 0.0597. The molecule has 1 aromatic rings. The van der Waals surface area contributed by atoms with Crippen LogP contribution in [0.25, 0.3) is 0 Å². The van der Waals surface area contributed by atoms with Crippen molar-refractivity contribution >= 4 is 35.9 Å². The van der Waals surface area contributed by atoms with Gasteiger partial charge in [0.1, 0.15) is 11.3 Å². The Hall–Kier alpha value is -1.55. The maximum atomic E-state index is 11.9. The lowest BCUT2D eigenvalue weighted by Gasteiger charge is -2.24. The van der Waals surface area contributed by atoms with E-state index in [0.717, 1.165) is 37.7 Å². The van der Waals surface area contributed by atoms with Gasteiger partial charge in [0.25, 0.3) is 0 Å². The molecule has 0 aromatic heterocycles. The van der Waals surface area contributed by atoms with Gasteiger partial charge in [0.2, 0.25) is 0 Å². The second-order valence-electron chi connectivity index (χ2n) is 6.04. The summed E-state index contributed by atoms with van der Waals surface area (Å²) in [7, 11) is 6.67. The first kappa shape index (κ1) is 22.5. The average molecular weight is 477 g/mol. The number of aliphatic imine (C=N–C) groups is 1. The number of carbonyl (C=O) groups excluding carboxylic acids is 1. The molecule has 1 atom stereocenters. The molecule has 1 fully saturated rings. The summed E-state index contributed by atoms with van der Waals surface area (Å²) >= 11 is 0. The number of guanidine groups is 1. The molecule has 0 spiro atoms. The van der Waals surface area contributed by atoms with Crippen molar-refractivity contribution in [1.29, 1.82) is 0 Å². The van der Waals surface area contributed by atoms with Crippen LogP contribution in [0.3, 0.4) is 0 Å². The highest BCUT2D eigenvalue weighted by Crippen LogP contribution is 2.21. The predicted octanol–water partition coefficient (Wildman–Crippen LogP) is 2.14. The summed E-state index contributed by atoms with van der Waals surface area (Å²) in [5, 5.41) is 3.32. The molecule has 0 aliphatic carbocycles. The summed E-state index contributed by atoms with van der Waals surface area (Å²) < 4.78 is 15.5. The van der Waals surface area contributed by atoms with Crippen molar-refractivity contribution in [3.05, 3.63) is 29.3 Å². The van der Waals surface area contributed by atoms with Gasteiger partial charge in [0.15, 0.2) is 5.96 Å². The van der Waals surface area contributed by atoms with E-state index in [9.17, 15) is 4.79 Å². The third kappa shape index (κ3) is 6.01. The minimum absolute atomic E-state index is 0. The average Bonchev–Trinajstić information content (AvgIpc) is 3.14. The van der Waals surface area contributed by atoms with E-state index in [2.05, 4.69) is 15.2 Å². The molecule has 2 rings (SSSR count). The van der Waals surface area contributed by atoms with Crippen LogP contribution in [0.15, 0.2) is 23.2 Å². The van der Waals surface area contributed by atoms with Gasteiger partial charge in [-0.25, -0.2) is 4.79 Å². The molecule has 1 saturated heterocycles. The van der Waals surface area contributed by atoms with E-state index >= 15 is 0 Å². The van der Waals surface area contributed by atoms with Crippen molar-refractivity contribution in [3.8, 4) is 5.75 Å². The quantitative estimate of drug-likeness (QED) is 0.293. The molecule has 146 valence electrons. The molecule has 7 nitrogen and oxygen atoms in total. The molecule has 0 bridgehead atoms. The number of halogens is 1. The predicted molar refractivity (Wildman–Crippen MR) is 112 cm³/mol. The van der Waals surface area contributed by atoms with Crippen LogP contribution in [0.4, 0.5) is 0 Å². The van der Waals surface area contributed by atoms with E-state index < -0.39 is 5.97 Å². The fraction of sp³-hybridized carbons (Fsp3) is 0.556. The molecule has 1 aliphatic rings. The smallest absolute Gasteiger partial charge is 0.341 e. The highest BCUT2D eigenvalue weighted by atomic mass is 127. The molecule has 1 heterocycles. The van der Waals surface area contributed by atoms with Crippen LogP contribution in [0.5, 0.6) is 5.75 Å². The van der Waals surface area contributed by atoms with E-state index in [1.54, 1.807) is 19.2 Å². The normalized spacial score (nSPS) is 16.6. The minimum atomic E-state index is -0.415. The second kappa shape index (κ2) is 11.2. The Morgan fingerprint density at radius 3 is 2.77 bits per heavy atom. The molecule has 0 saturated carbocycles. The van der Waals surface area contributed by atoms with Gasteiger partial charge in [-0.05, 0) is 24.1 Å². The van der Waals surface area contributed by atoms with Crippen molar-refractivity contribution in [1.82, 2.24) is 10.2 Å². The molecule has 0 radical (unpaired) electrons. The van der Waals surface area contributed by atoms with Crippen LogP contribution in [0.1, 0.15) is 22.3 Å². The molecule has 0 amide bonds. The Balaban J connectivity index is 0.00000338. The zero-order valence-corrected chi connectivity index (χ0v) is 18.1. The van der Waals surface area contributed by atoms with Gasteiger partial charge in [0.05, 0.1) is 20.8 Å². The van der Waals surface area contributed by atoms with Crippen LogP contribution in [-0.4, -0.2) is 64.9 Å². The summed E-state index contributed by atoms with van der Waals surface area (Å²) in [5.41, 5.74) is 1.36. The van der Waals surface area contributed by atoms with Crippen LogP contribution >= 0.6 is 24.0 Å². The minimum Gasteiger partial charge on any atom is -0.496 e. The highest BCUT2D eigenvalue weighted by molar-refractivity contribution is 14.0. The molecule has 1 unspecified atom stereocenters. The topological polar surface area (TPSA) is 72.4 Å². The fourth-order valence-electron chi connectivity index (χ4n) is 2.90. The van der Waals surface area contributed by atoms with Gasteiger partial charge >= 0.3 is 5.97 Å².